The third kappa shape index (κ3) is 7.44. The number of nitrogens with one attached hydrogen (secondary N) is 2. The van der Waals surface area contributed by atoms with Crippen LogP contribution in [0.2, 0.25) is 0 Å². The fourth-order valence-electron chi connectivity index (χ4n) is 3.57. The summed E-state index contributed by atoms with van der Waals surface area (Å²) in [6.45, 7) is 11.1. The van der Waals surface area contributed by atoms with Gasteiger partial charge in [-0.1, -0.05) is 37.5 Å². The van der Waals surface area contributed by atoms with Crippen molar-refractivity contribution in [2.75, 3.05) is 13.2 Å². The van der Waals surface area contributed by atoms with Crippen LogP contribution in [-0.2, 0) is 9.47 Å². The van der Waals surface area contributed by atoms with E-state index in [0.717, 1.165) is 22.5 Å². The highest BCUT2D eigenvalue weighted by molar-refractivity contribution is 5.48. The second kappa shape index (κ2) is 12.7. The lowest BCUT2D eigenvalue weighted by molar-refractivity contribution is -0.0279. The van der Waals surface area contributed by atoms with Gasteiger partial charge in [-0.15, -0.1) is 0 Å². The predicted octanol–water partition coefficient (Wildman–Crippen LogP) is 1.13. The number of aliphatic hydroxyl groups is 4. The molecule has 0 aromatic rings. The Kier molecular flexibility index (Phi) is 10.4. The fourth-order valence-corrected chi connectivity index (χ4v) is 3.57. The molecule has 2 aliphatic heterocycles. The van der Waals surface area contributed by atoms with E-state index in [1.54, 1.807) is 12.2 Å². The van der Waals surface area contributed by atoms with Gasteiger partial charge in [-0.05, 0) is 37.1 Å². The van der Waals surface area contributed by atoms with Gasteiger partial charge in [-0.3, -0.25) is 0 Å². The lowest BCUT2D eigenvalue weighted by atomic mass is 10.0. The van der Waals surface area contributed by atoms with Crippen molar-refractivity contribution in [3.63, 3.8) is 0 Å². The lowest BCUT2D eigenvalue weighted by Gasteiger charge is -2.15. The quantitative estimate of drug-likeness (QED) is 0.260. The van der Waals surface area contributed by atoms with Crippen LogP contribution in [0.15, 0.2) is 72.2 Å². The van der Waals surface area contributed by atoms with Gasteiger partial charge < -0.3 is 40.5 Å². The monoisotopic (exact) mass is 448 g/mol. The molecule has 8 nitrogen and oxygen atoms in total. The molecule has 6 unspecified atom stereocenters. The molecule has 0 aromatic carbocycles. The SMILES string of the molecule is C=CC(=C\C=C(/C)NC1CC(O)C(CO)O1)/C(C=C)=C/C=C(\C)NC1CC(O)C(CO)O1. The Morgan fingerprint density at radius 1 is 0.781 bits per heavy atom. The summed E-state index contributed by atoms with van der Waals surface area (Å²) in [5, 5.41) is 44.4. The van der Waals surface area contributed by atoms with Gasteiger partial charge in [0.25, 0.3) is 0 Å². The molecule has 2 aliphatic rings. The van der Waals surface area contributed by atoms with Crippen molar-refractivity contribution in [2.24, 2.45) is 0 Å². The van der Waals surface area contributed by atoms with Gasteiger partial charge >= 0.3 is 0 Å². The Bertz CT molecular complexity index is 708. The van der Waals surface area contributed by atoms with Crippen molar-refractivity contribution < 1.29 is 29.9 Å². The molecule has 2 fully saturated rings. The van der Waals surface area contributed by atoms with Crippen LogP contribution in [0, 0.1) is 0 Å². The van der Waals surface area contributed by atoms with Crippen molar-refractivity contribution in [3.05, 3.63) is 72.2 Å². The maximum atomic E-state index is 9.84. The van der Waals surface area contributed by atoms with Crippen LogP contribution in [0.5, 0.6) is 0 Å². The van der Waals surface area contributed by atoms with Crippen molar-refractivity contribution in [1.29, 1.82) is 0 Å². The van der Waals surface area contributed by atoms with E-state index in [2.05, 4.69) is 23.8 Å². The molecule has 6 N–H and O–H groups in total. The number of allylic oxidation sites excluding steroid dienone is 10. The summed E-state index contributed by atoms with van der Waals surface area (Å²) in [5.74, 6) is 0. The maximum Gasteiger partial charge on any atom is 0.130 e. The summed E-state index contributed by atoms with van der Waals surface area (Å²) in [4.78, 5) is 0. The number of hydrogen-bond donors (Lipinski definition) is 6. The molecule has 0 spiro atoms. The van der Waals surface area contributed by atoms with Crippen LogP contribution >= 0.6 is 0 Å². The fraction of sp³-hybridized carbons (Fsp3) is 0.500. The topological polar surface area (TPSA) is 123 Å². The maximum absolute atomic E-state index is 9.84. The summed E-state index contributed by atoms with van der Waals surface area (Å²) >= 11 is 0. The van der Waals surface area contributed by atoms with Crippen LogP contribution in [0.4, 0.5) is 0 Å². The normalized spacial score (nSPS) is 32.2. The minimum Gasteiger partial charge on any atom is -0.394 e. The van der Waals surface area contributed by atoms with E-state index in [0.29, 0.717) is 12.8 Å². The summed E-state index contributed by atoms with van der Waals surface area (Å²) in [6.07, 6.45) is 8.63. The first kappa shape index (κ1) is 26.1. The van der Waals surface area contributed by atoms with E-state index in [1.807, 2.05) is 38.2 Å². The highest BCUT2D eigenvalue weighted by atomic mass is 16.5. The Morgan fingerprint density at radius 3 is 1.44 bits per heavy atom. The summed E-state index contributed by atoms with van der Waals surface area (Å²) in [7, 11) is 0. The zero-order valence-corrected chi connectivity index (χ0v) is 18.8. The summed E-state index contributed by atoms with van der Waals surface area (Å²) < 4.78 is 11.1. The minimum absolute atomic E-state index is 0.215. The van der Waals surface area contributed by atoms with E-state index in [-0.39, 0.29) is 25.7 Å². The molecule has 2 saturated heterocycles. The van der Waals surface area contributed by atoms with E-state index in [4.69, 9.17) is 9.47 Å². The number of ether oxygens (including phenoxy) is 2. The van der Waals surface area contributed by atoms with Gasteiger partial charge in [0.1, 0.15) is 24.7 Å². The molecule has 32 heavy (non-hydrogen) atoms. The molecule has 0 saturated carbocycles. The molecule has 0 bridgehead atoms. The Hall–Kier alpha value is -2.20. The van der Waals surface area contributed by atoms with Gasteiger partial charge in [-0.25, -0.2) is 0 Å². The van der Waals surface area contributed by atoms with E-state index < -0.39 is 24.4 Å². The van der Waals surface area contributed by atoms with Gasteiger partial charge in [0.05, 0.1) is 25.4 Å². The first-order valence-corrected chi connectivity index (χ1v) is 10.8. The Balaban J connectivity index is 2.00. The number of hydrogen-bond acceptors (Lipinski definition) is 8. The molecule has 6 atom stereocenters. The van der Waals surface area contributed by atoms with Crippen LogP contribution in [0.1, 0.15) is 26.7 Å². The first-order chi connectivity index (χ1) is 15.3. The zero-order valence-electron chi connectivity index (χ0n) is 18.8. The van der Waals surface area contributed by atoms with Crippen LogP contribution in [-0.4, -0.2) is 70.5 Å². The molecule has 2 rings (SSSR count). The van der Waals surface area contributed by atoms with Crippen LogP contribution in [0.25, 0.3) is 0 Å². The van der Waals surface area contributed by atoms with E-state index in [9.17, 15) is 20.4 Å². The molecule has 0 aliphatic carbocycles. The van der Waals surface area contributed by atoms with Gasteiger partial charge in [-0.2, -0.15) is 0 Å². The zero-order chi connectivity index (χ0) is 23.7. The summed E-state index contributed by atoms with van der Waals surface area (Å²) in [5.41, 5.74) is 3.40. The molecule has 2 heterocycles. The third-order valence-corrected chi connectivity index (χ3v) is 5.38. The largest absolute Gasteiger partial charge is 0.394 e. The molecule has 0 aromatic heterocycles. The molecular formula is C24H36N2O6. The molecule has 178 valence electrons. The number of rotatable bonds is 11. The predicted molar refractivity (Wildman–Crippen MR) is 123 cm³/mol. The molecule has 0 radical (unpaired) electrons. The second-order valence-corrected chi connectivity index (χ2v) is 7.94. The second-order valence-electron chi connectivity index (χ2n) is 7.94. The average molecular weight is 449 g/mol. The molecule has 8 heteroatoms. The van der Waals surface area contributed by atoms with E-state index in [1.165, 1.54) is 0 Å². The molecule has 0 amide bonds. The third-order valence-electron chi connectivity index (χ3n) is 5.38. The van der Waals surface area contributed by atoms with Crippen molar-refractivity contribution in [3.8, 4) is 0 Å². The summed E-state index contributed by atoms with van der Waals surface area (Å²) in [6, 6.07) is 0. The molecular weight excluding hydrogens is 412 g/mol. The van der Waals surface area contributed by atoms with E-state index >= 15 is 0 Å². The lowest BCUT2D eigenvalue weighted by Crippen LogP contribution is -2.28. The van der Waals surface area contributed by atoms with Gasteiger partial charge in [0.15, 0.2) is 0 Å². The minimum atomic E-state index is -0.684. The van der Waals surface area contributed by atoms with Crippen molar-refractivity contribution in [1.82, 2.24) is 10.6 Å². The Morgan fingerprint density at radius 2 is 1.16 bits per heavy atom. The van der Waals surface area contributed by atoms with Gasteiger partial charge in [0, 0.05) is 24.2 Å². The first-order valence-electron chi connectivity index (χ1n) is 10.8. The van der Waals surface area contributed by atoms with Gasteiger partial charge in [0.2, 0.25) is 0 Å². The number of aliphatic hydroxyl groups excluding tert-OH is 4. The van der Waals surface area contributed by atoms with Crippen molar-refractivity contribution in [2.45, 2.75) is 63.6 Å². The van der Waals surface area contributed by atoms with Crippen molar-refractivity contribution >= 4 is 0 Å². The smallest absolute Gasteiger partial charge is 0.130 e. The highest BCUT2D eigenvalue weighted by Gasteiger charge is 2.34. The van der Waals surface area contributed by atoms with Crippen LogP contribution in [0.3, 0.4) is 0 Å². The average Bonchev–Trinajstić information content (AvgIpc) is 3.30. The Labute approximate surface area is 189 Å². The standard InChI is InChI=1S/C24H36N2O6/c1-5-17(9-7-15(3)25-23-11-19(29)21(13-27)31-23)18(6-2)10-8-16(4)26-24-12-20(30)22(14-28)32-24/h5-10,19-30H,1-2,11-14H2,3-4H3/b15-7+,16-8+,17-9+,18-10+. The highest BCUT2D eigenvalue weighted by Crippen LogP contribution is 2.21. The van der Waals surface area contributed by atoms with Crippen LogP contribution < -0.4 is 10.6 Å².